The summed E-state index contributed by atoms with van der Waals surface area (Å²) in [5.74, 6) is 1.61. The summed E-state index contributed by atoms with van der Waals surface area (Å²) in [7, 11) is 0. The molecule has 0 aliphatic carbocycles. The van der Waals surface area contributed by atoms with Crippen LogP contribution in [0, 0.1) is 6.92 Å². The first kappa shape index (κ1) is 12.0. The maximum absolute atomic E-state index is 5.89. The minimum absolute atomic E-state index is 0.542. The lowest BCUT2D eigenvalue weighted by atomic mass is 10.2. The zero-order valence-corrected chi connectivity index (χ0v) is 10.4. The topological polar surface area (TPSA) is 35.2 Å². The Kier molecular flexibility index (Phi) is 3.67. The van der Waals surface area contributed by atoms with E-state index < -0.39 is 0 Å². The average Bonchev–Trinajstić information content (AvgIpc) is 2.34. The van der Waals surface area contributed by atoms with Gasteiger partial charge in [-0.15, -0.1) is 0 Å². The molecule has 0 radical (unpaired) electrons. The summed E-state index contributed by atoms with van der Waals surface area (Å²) in [6, 6.07) is 13.3. The number of rotatable bonds is 3. The summed E-state index contributed by atoms with van der Waals surface area (Å²) in [4.78, 5) is 0. The molecule has 2 nitrogen and oxygen atoms in total. The first-order valence-corrected chi connectivity index (χ1v) is 5.80. The van der Waals surface area contributed by atoms with E-state index in [0.29, 0.717) is 11.6 Å². The molecule has 0 heterocycles. The lowest BCUT2D eigenvalue weighted by Gasteiger charge is -2.09. The monoisotopic (exact) mass is 247 g/mol. The van der Waals surface area contributed by atoms with Gasteiger partial charge in [-0.05, 0) is 48.4 Å². The van der Waals surface area contributed by atoms with Gasteiger partial charge in [0.05, 0.1) is 0 Å². The number of halogens is 1. The van der Waals surface area contributed by atoms with Gasteiger partial charge in [-0.25, -0.2) is 0 Å². The number of hydrogen-bond donors (Lipinski definition) is 1. The van der Waals surface area contributed by atoms with Crippen LogP contribution >= 0.6 is 11.6 Å². The zero-order chi connectivity index (χ0) is 12.3. The standard InChI is InChI=1S/C14H14ClNO/c1-10-8-12(15)4-7-14(10)17-13-5-2-11(9-16)3-6-13/h2-8H,9,16H2,1H3. The molecular weight excluding hydrogens is 234 g/mol. The van der Waals surface area contributed by atoms with Crippen LogP contribution in [0.2, 0.25) is 5.02 Å². The quantitative estimate of drug-likeness (QED) is 0.893. The second kappa shape index (κ2) is 5.21. The minimum atomic E-state index is 0.542. The highest BCUT2D eigenvalue weighted by Crippen LogP contribution is 2.27. The van der Waals surface area contributed by atoms with Gasteiger partial charge in [0.15, 0.2) is 0 Å². The molecule has 0 aliphatic rings. The molecule has 0 amide bonds. The Balaban J connectivity index is 2.19. The average molecular weight is 248 g/mol. The van der Waals surface area contributed by atoms with Crippen LogP contribution in [-0.4, -0.2) is 0 Å². The van der Waals surface area contributed by atoms with Crippen molar-refractivity contribution in [2.75, 3.05) is 0 Å². The molecule has 0 fully saturated rings. The Bertz CT molecular complexity index is 508. The van der Waals surface area contributed by atoms with Crippen molar-refractivity contribution in [1.29, 1.82) is 0 Å². The van der Waals surface area contributed by atoms with Crippen molar-refractivity contribution < 1.29 is 4.74 Å². The molecule has 0 atom stereocenters. The predicted octanol–water partition coefficient (Wildman–Crippen LogP) is 3.90. The van der Waals surface area contributed by atoms with E-state index in [2.05, 4.69) is 0 Å². The highest BCUT2D eigenvalue weighted by Gasteiger charge is 2.02. The van der Waals surface area contributed by atoms with Crippen LogP contribution in [0.3, 0.4) is 0 Å². The van der Waals surface area contributed by atoms with Crippen LogP contribution in [0.4, 0.5) is 0 Å². The summed E-state index contributed by atoms with van der Waals surface area (Å²) < 4.78 is 5.76. The fourth-order valence-corrected chi connectivity index (χ4v) is 1.77. The van der Waals surface area contributed by atoms with E-state index in [1.54, 1.807) is 0 Å². The van der Waals surface area contributed by atoms with Crippen LogP contribution < -0.4 is 10.5 Å². The smallest absolute Gasteiger partial charge is 0.130 e. The van der Waals surface area contributed by atoms with Crippen LogP contribution in [-0.2, 0) is 6.54 Å². The number of benzene rings is 2. The van der Waals surface area contributed by atoms with Gasteiger partial charge >= 0.3 is 0 Å². The van der Waals surface area contributed by atoms with Crippen LogP contribution in [0.1, 0.15) is 11.1 Å². The highest BCUT2D eigenvalue weighted by molar-refractivity contribution is 6.30. The molecule has 0 aromatic heterocycles. The van der Waals surface area contributed by atoms with Gasteiger partial charge in [-0.2, -0.15) is 0 Å². The normalized spacial score (nSPS) is 10.3. The van der Waals surface area contributed by atoms with E-state index in [9.17, 15) is 0 Å². The lowest BCUT2D eigenvalue weighted by Crippen LogP contribution is -1.95. The van der Waals surface area contributed by atoms with Crippen LogP contribution in [0.25, 0.3) is 0 Å². The molecule has 2 aromatic carbocycles. The molecule has 2 rings (SSSR count). The van der Waals surface area contributed by atoms with Gasteiger partial charge in [0.25, 0.3) is 0 Å². The van der Waals surface area contributed by atoms with Crippen molar-refractivity contribution in [3.8, 4) is 11.5 Å². The summed E-state index contributed by atoms with van der Waals surface area (Å²) in [5.41, 5.74) is 7.64. The van der Waals surface area contributed by atoms with Crippen molar-refractivity contribution in [1.82, 2.24) is 0 Å². The van der Waals surface area contributed by atoms with Crippen molar-refractivity contribution >= 4 is 11.6 Å². The zero-order valence-electron chi connectivity index (χ0n) is 9.61. The van der Waals surface area contributed by atoms with Gasteiger partial charge in [0.2, 0.25) is 0 Å². The molecule has 0 unspecified atom stereocenters. The Hall–Kier alpha value is -1.51. The molecule has 2 aromatic rings. The second-order valence-corrected chi connectivity index (χ2v) is 4.30. The van der Waals surface area contributed by atoms with Crippen LogP contribution in [0.5, 0.6) is 11.5 Å². The Labute approximate surface area is 106 Å². The maximum Gasteiger partial charge on any atom is 0.130 e. The van der Waals surface area contributed by atoms with Crippen molar-refractivity contribution in [3.63, 3.8) is 0 Å². The third-order valence-corrected chi connectivity index (χ3v) is 2.76. The van der Waals surface area contributed by atoms with Gasteiger partial charge in [-0.1, -0.05) is 23.7 Å². The largest absolute Gasteiger partial charge is 0.457 e. The van der Waals surface area contributed by atoms with E-state index in [4.69, 9.17) is 22.1 Å². The van der Waals surface area contributed by atoms with Crippen molar-refractivity contribution in [2.45, 2.75) is 13.5 Å². The number of ether oxygens (including phenoxy) is 1. The SMILES string of the molecule is Cc1cc(Cl)ccc1Oc1ccc(CN)cc1. The van der Waals surface area contributed by atoms with Gasteiger partial charge < -0.3 is 10.5 Å². The molecule has 0 saturated heterocycles. The van der Waals surface area contributed by atoms with Gasteiger partial charge in [-0.3, -0.25) is 0 Å². The summed E-state index contributed by atoms with van der Waals surface area (Å²) in [6.45, 7) is 2.51. The molecule has 0 bridgehead atoms. The molecule has 0 spiro atoms. The molecule has 2 N–H and O–H groups in total. The molecule has 0 aliphatic heterocycles. The fraction of sp³-hybridized carbons (Fsp3) is 0.143. The summed E-state index contributed by atoms with van der Waals surface area (Å²) >= 11 is 5.89. The summed E-state index contributed by atoms with van der Waals surface area (Å²) in [5, 5.41) is 0.716. The second-order valence-electron chi connectivity index (χ2n) is 3.86. The third kappa shape index (κ3) is 2.99. The van der Waals surface area contributed by atoms with Gasteiger partial charge in [0, 0.05) is 11.6 Å². The van der Waals surface area contributed by atoms with Crippen molar-refractivity contribution in [2.24, 2.45) is 5.73 Å². The molecule has 17 heavy (non-hydrogen) atoms. The summed E-state index contributed by atoms with van der Waals surface area (Å²) in [6.07, 6.45) is 0. The first-order valence-electron chi connectivity index (χ1n) is 5.42. The highest BCUT2D eigenvalue weighted by atomic mass is 35.5. The van der Waals surface area contributed by atoms with E-state index >= 15 is 0 Å². The third-order valence-electron chi connectivity index (χ3n) is 2.52. The Morgan fingerprint density at radius 1 is 1.12 bits per heavy atom. The number of nitrogens with two attached hydrogens (primary N) is 1. The fourth-order valence-electron chi connectivity index (χ4n) is 1.55. The van der Waals surface area contributed by atoms with E-state index in [-0.39, 0.29) is 0 Å². The van der Waals surface area contributed by atoms with E-state index in [1.165, 1.54) is 0 Å². The molecule has 3 heteroatoms. The number of aryl methyl sites for hydroxylation is 1. The Morgan fingerprint density at radius 2 is 1.82 bits per heavy atom. The van der Waals surface area contributed by atoms with Crippen molar-refractivity contribution in [3.05, 3.63) is 58.6 Å². The van der Waals surface area contributed by atoms with E-state index in [1.807, 2.05) is 49.4 Å². The minimum Gasteiger partial charge on any atom is -0.457 e. The molecular formula is C14H14ClNO. The number of hydrogen-bond acceptors (Lipinski definition) is 2. The Morgan fingerprint density at radius 3 is 2.41 bits per heavy atom. The van der Waals surface area contributed by atoms with E-state index in [0.717, 1.165) is 22.6 Å². The van der Waals surface area contributed by atoms with Crippen LogP contribution in [0.15, 0.2) is 42.5 Å². The van der Waals surface area contributed by atoms with Gasteiger partial charge in [0.1, 0.15) is 11.5 Å². The lowest BCUT2D eigenvalue weighted by molar-refractivity contribution is 0.478. The maximum atomic E-state index is 5.89. The predicted molar refractivity (Wildman–Crippen MR) is 70.6 cm³/mol. The first-order chi connectivity index (χ1) is 8.19. The molecule has 0 saturated carbocycles. The molecule has 88 valence electrons.